The molecule has 0 spiro atoms. The van der Waals surface area contributed by atoms with E-state index in [1.165, 1.54) is 12.5 Å². The maximum atomic E-state index is 12.5. The maximum absolute atomic E-state index is 12.5. The van der Waals surface area contributed by atoms with Crippen LogP contribution in [-0.4, -0.2) is 28.2 Å². The molecule has 0 saturated heterocycles. The molecule has 0 amide bonds. The highest BCUT2D eigenvalue weighted by molar-refractivity contribution is 7.89. The zero-order valence-electron chi connectivity index (χ0n) is 12.2. The van der Waals surface area contributed by atoms with Crippen LogP contribution in [0.15, 0.2) is 35.2 Å². The third-order valence-corrected chi connectivity index (χ3v) is 6.20. The van der Waals surface area contributed by atoms with Crippen LogP contribution >= 0.6 is 0 Å². The highest BCUT2D eigenvalue weighted by Crippen LogP contribution is 2.43. The van der Waals surface area contributed by atoms with Crippen molar-refractivity contribution in [2.24, 2.45) is 17.8 Å². The molecule has 22 heavy (non-hydrogen) atoms. The molecule has 0 aromatic heterocycles. The maximum Gasteiger partial charge on any atom is 0.240 e. The summed E-state index contributed by atoms with van der Waals surface area (Å²) >= 11 is 0. The topological polar surface area (TPSA) is 64.6 Å². The molecule has 3 aliphatic rings. The number of nitrogens with one attached hydrogen (secondary N) is 1. The molecule has 118 valence electrons. The van der Waals surface area contributed by atoms with Crippen LogP contribution < -0.4 is 14.2 Å². The van der Waals surface area contributed by atoms with E-state index >= 15 is 0 Å². The summed E-state index contributed by atoms with van der Waals surface area (Å²) in [7, 11) is -3.51. The predicted molar refractivity (Wildman–Crippen MR) is 81.5 cm³/mol. The van der Waals surface area contributed by atoms with Crippen molar-refractivity contribution in [3.05, 3.63) is 30.4 Å². The fourth-order valence-corrected chi connectivity index (χ4v) is 4.73. The van der Waals surface area contributed by atoms with Gasteiger partial charge in [0.1, 0.15) is 13.2 Å². The van der Waals surface area contributed by atoms with Gasteiger partial charge in [0, 0.05) is 12.6 Å². The summed E-state index contributed by atoms with van der Waals surface area (Å²) in [5, 5.41) is 0. The molecular weight excluding hydrogens is 302 g/mol. The zero-order valence-corrected chi connectivity index (χ0v) is 13.0. The quantitative estimate of drug-likeness (QED) is 0.861. The molecule has 5 nitrogen and oxygen atoms in total. The number of sulfonamides is 1. The van der Waals surface area contributed by atoms with Gasteiger partial charge in [-0.3, -0.25) is 0 Å². The van der Waals surface area contributed by atoms with Crippen molar-refractivity contribution < 1.29 is 17.9 Å². The van der Waals surface area contributed by atoms with Crippen molar-refractivity contribution >= 4 is 10.0 Å². The summed E-state index contributed by atoms with van der Waals surface area (Å²) in [4.78, 5) is 0.232. The first-order valence-corrected chi connectivity index (χ1v) is 9.18. The first-order chi connectivity index (χ1) is 10.6. The van der Waals surface area contributed by atoms with Crippen molar-refractivity contribution in [3.63, 3.8) is 0 Å². The Morgan fingerprint density at radius 3 is 2.64 bits per heavy atom. The van der Waals surface area contributed by atoms with Crippen LogP contribution in [0.25, 0.3) is 0 Å². The highest BCUT2D eigenvalue weighted by Gasteiger charge is 2.36. The minimum atomic E-state index is -3.51. The van der Waals surface area contributed by atoms with E-state index in [4.69, 9.17) is 9.47 Å². The second-order valence-electron chi connectivity index (χ2n) is 6.20. The molecule has 4 rings (SSSR count). The molecule has 1 aromatic rings. The minimum absolute atomic E-state index is 0.232. The lowest BCUT2D eigenvalue weighted by Gasteiger charge is -2.20. The lowest BCUT2D eigenvalue weighted by Crippen LogP contribution is -2.31. The van der Waals surface area contributed by atoms with E-state index in [9.17, 15) is 8.42 Å². The summed E-state index contributed by atoms with van der Waals surface area (Å²) < 4.78 is 38.5. The summed E-state index contributed by atoms with van der Waals surface area (Å²) in [6.07, 6.45) is 6.76. The number of benzene rings is 1. The molecule has 6 heteroatoms. The Balaban J connectivity index is 1.47. The average molecular weight is 321 g/mol. The first-order valence-electron chi connectivity index (χ1n) is 7.69. The Morgan fingerprint density at radius 1 is 1.09 bits per heavy atom. The molecule has 1 N–H and O–H groups in total. The summed E-state index contributed by atoms with van der Waals surface area (Å²) in [6.45, 7) is 1.44. The Kier molecular flexibility index (Phi) is 3.38. The van der Waals surface area contributed by atoms with Gasteiger partial charge >= 0.3 is 0 Å². The SMILES string of the molecule is O=S(=O)(NC[C@H]1C[C@H]2C=C[C@H]1C2)c1ccc2c(c1)OCCO2. The van der Waals surface area contributed by atoms with Crippen LogP contribution in [0.5, 0.6) is 11.5 Å². The van der Waals surface area contributed by atoms with Gasteiger partial charge in [0.15, 0.2) is 11.5 Å². The fourth-order valence-electron chi connectivity index (χ4n) is 3.62. The van der Waals surface area contributed by atoms with E-state index < -0.39 is 10.0 Å². The third kappa shape index (κ3) is 2.50. The molecule has 1 aromatic carbocycles. The molecule has 1 saturated carbocycles. The van der Waals surface area contributed by atoms with Crippen LogP contribution in [0.3, 0.4) is 0 Å². The number of ether oxygens (including phenoxy) is 2. The van der Waals surface area contributed by atoms with Gasteiger partial charge in [-0.1, -0.05) is 12.2 Å². The number of hydrogen-bond donors (Lipinski definition) is 1. The fraction of sp³-hybridized carbons (Fsp3) is 0.500. The Morgan fingerprint density at radius 2 is 1.91 bits per heavy atom. The van der Waals surface area contributed by atoms with Crippen molar-refractivity contribution in [2.45, 2.75) is 17.7 Å². The van der Waals surface area contributed by atoms with E-state index in [1.807, 2.05) is 0 Å². The van der Waals surface area contributed by atoms with Crippen molar-refractivity contribution in [2.75, 3.05) is 19.8 Å². The van der Waals surface area contributed by atoms with E-state index in [-0.39, 0.29) is 4.90 Å². The van der Waals surface area contributed by atoms with Gasteiger partial charge in [0.25, 0.3) is 0 Å². The molecule has 0 unspecified atom stereocenters. The molecule has 3 atom stereocenters. The molecular formula is C16H19NO4S. The van der Waals surface area contributed by atoms with Gasteiger partial charge in [0.05, 0.1) is 4.90 Å². The Labute approximate surface area is 130 Å². The third-order valence-electron chi connectivity index (χ3n) is 4.78. The Bertz CT molecular complexity index is 713. The largest absolute Gasteiger partial charge is 0.486 e. The second-order valence-corrected chi connectivity index (χ2v) is 7.96. The van der Waals surface area contributed by atoms with Crippen LogP contribution in [0, 0.1) is 17.8 Å². The summed E-state index contributed by atoms with van der Waals surface area (Å²) in [5.41, 5.74) is 0. The monoisotopic (exact) mass is 321 g/mol. The van der Waals surface area contributed by atoms with Gasteiger partial charge < -0.3 is 9.47 Å². The van der Waals surface area contributed by atoms with Gasteiger partial charge in [-0.2, -0.15) is 0 Å². The molecule has 0 radical (unpaired) electrons. The van der Waals surface area contributed by atoms with E-state index in [2.05, 4.69) is 16.9 Å². The summed E-state index contributed by atoms with van der Waals surface area (Å²) in [6, 6.07) is 4.76. The van der Waals surface area contributed by atoms with Crippen molar-refractivity contribution in [1.82, 2.24) is 4.72 Å². The van der Waals surface area contributed by atoms with Crippen LogP contribution in [-0.2, 0) is 10.0 Å². The van der Waals surface area contributed by atoms with Crippen LogP contribution in [0.2, 0.25) is 0 Å². The van der Waals surface area contributed by atoms with E-state index in [1.54, 1.807) is 12.1 Å². The van der Waals surface area contributed by atoms with E-state index in [0.717, 1.165) is 6.42 Å². The van der Waals surface area contributed by atoms with Gasteiger partial charge in [-0.05, 0) is 42.7 Å². The van der Waals surface area contributed by atoms with Crippen molar-refractivity contribution in [1.29, 1.82) is 0 Å². The van der Waals surface area contributed by atoms with Crippen molar-refractivity contribution in [3.8, 4) is 11.5 Å². The number of allylic oxidation sites excluding steroid dienone is 2. The molecule has 1 fully saturated rings. The average Bonchev–Trinajstić information content (AvgIpc) is 3.15. The zero-order chi connectivity index (χ0) is 15.2. The predicted octanol–water partition coefficient (Wildman–Crippen LogP) is 1.95. The number of fused-ring (bicyclic) bond motifs is 3. The number of hydrogen-bond acceptors (Lipinski definition) is 4. The van der Waals surface area contributed by atoms with Gasteiger partial charge in [0.2, 0.25) is 10.0 Å². The molecule has 2 aliphatic carbocycles. The standard InChI is InChI=1S/C16H19NO4S/c18-22(19,17-10-13-8-11-1-2-12(13)7-11)14-3-4-15-16(9-14)21-6-5-20-15/h1-4,9,11-13,17H,5-8,10H2/t11-,12-,13+/m0/s1. The smallest absolute Gasteiger partial charge is 0.240 e. The summed E-state index contributed by atoms with van der Waals surface area (Å²) in [5.74, 6) is 2.70. The first kappa shape index (κ1) is 14.1. The lowest BCUT2D eigenvalue weighted by atomic mass is 9.94. The van der Waals surface area contributed by atoms with E-state index in [0.29, 0.717) is 49.0 Å². The van der Waals surface area contributed by atoms with Crippen LogP contribution in [0.1, 0.15) is 12.8 Å². The lowest BCUT2D eigenvalue weighted by molar-refractivity contribution is 0.171. The molecule has 1 heterocycles. The normalized spacial score (nSPS) is 29.0. The number of rotatable bonds is 4. The van der Waals surface area contributed by atoms with Gasteiger partial charge in [-0.25, -0.2) is 13.1 Å². The highest BCUT2D eigenvalue weighted by atomic mass is 32.2. The molecule has 2 bridgehead atoms. The second kappa shape index (κ2) is 5.28. The molecule has 1 aliphatic heterocycles. The Hall–Kier alpha value is -1.53. The van der Waals surface area contributed by atoms with Crippen LogP contribution in [0.4, 0.5) is 0 Å². The van der Waals surface area contributed by atoms with Gasteiger partial charge in [-0.15, -0.1) is 0 Å². The minimum Gasteiger partial charge on any atom is -0.486 e.